The van der Waals surface area contributed by atoms with Crippen molar-refractivity contribution in [3.63, 3.8) is 0 Å². The highest BCUT2D eigenvalue weighted by atomic mass is 35.5. The van der Waals surface area contributed by atoms with Crippen molar-refractivity contribution in [3.05, 3.63) is 64.4 Å². The van der Waals surface area contributed by atoms with Crippen LogP contribution >= 0.6 is 11.6 Å². The summed E-state index contributed by atoms with van der Waals surface area (Å²) in [6.07, 6.45) is -4.99. The number of benzene rings is 2. The summed E-state index contributed by atoms with van der Waals surface area (Å²) in [5.41, 5.74) is 4.78. The third-order valence-electron chi connectivity index (χ3n) is 5.56. The summed E-state index contributed by atoms with van der Waals surface area (Å²) in [5, 5.41) is 0.338. The maximum absolute atomic E-state index is 14.1. The van der Waals surface area contributed by atoms with Crippen molar-refractivity contribution in [2.75, 3.05) is 26.2 Å². The lowest BCUT2D eigenvalue weighted by atomic mass is 10.0. The molecule has 1 saturated heterocycles. The summed E-state index contributed by atoms with van der Waals surface area (Å²) in [4.78, 5) is 27.5. The van der Waals surface area contributed by atoms with Crippen LogP contribution in [0.4, 0.5) is 22.4 Å². The summed E-state index contributed by atoms with van der Waals surface area (Å²) in [6.45, 7) is 0.371. The van der Waals surface area contributed by atoms with E-state index in [4.69, 9.17) is 17.3 Å². The van der Waals surface area contributed by atoms with E-state index in [-0.39, 0.29) is 55.4 Å². The van der Waals surface area contributed by atoms with Crippen molar-refractivity contribution in [2.24, 2.45) is 5.73 Å². The average molecular weight is 551 g/mol. The molecule has 36 heavy (non-hydrogen) atoms. The highest BCUT2D eigenvalue weighted by molar-refractivity contribution is 7.90. The second-order valence-corrected chi connectivity index (χ2v) is 10.3. The molecule has 0 aliphatic carbocycles. The van der Waals surface area contributed by atoms with E-state index < -0.39 is 39.7 Å². The molecule has 1 aliphatic rings. The van der Waals surface area contributed by atoms with Gasteiger partial charge in [-0.3, -0.25) is 4.79 Å². The van der Waals surface area contributed by atoms with Crippen LogP contribution in [0.3, 0.4) is 0 Å². The minimum atomic E-state index is -4.67. The number of sulfonamides is 1. The van der Waals surface area contributed by atoms with Gasteiger partial charge in [0, 0.05) is 43.7 Å². The van der Waals surface area contributed by atoms with Gasteiger partial charge in [-0.15, -0.1) is 0 Å². The van der Waals surface area contributed by atoms with Gasteiger partial charge in [-0.2, -0.15) is 13.2 Å². The van der Waals surface area contributed by atoms with Crippen LogP contribution in [-0.4, -0.2) is 62.4 Å². The van der Waals surface area contributed by atoms with Crippen LogP contribution in [0.2, 0.25) is 5.02 Å². The molecule has 1 atom stereocenters. The Hall–Kier alpha value is -2.90. The third-order valence-corrected chi connectivity index (χ3v) is 7.15. The zero-order valence-electron chi connectivity index (χ0n) is 18.8. The van der Waals surface area contributed by atoms with E-state index in [1.807, 2.05) is 4.72 Å². The number of urea groups is 1. The lowest BCUT2D eigenvalue weighted by molar-refractivity contribution is -0.137. The van der Waals surface area contributed by atoms with Crippen LogP contribution in [0.15, 0.2) is 47.4 Å². The molecule has 14 heteroatoms. The predicted octanol–water partition coefficient (Wildman–Crippen LogP) is 3.00. The molecule has 3 rings (SSSR count). The Morgan fingerprint density at radius 3 is 2.17 bits per heavy atom. The quantitative estimate of drug-likeness (QED) is 0.537. The molecule has 0 unspecified atom stereocenters. The van der Waals surface area contributed by atoms with Gasteiger partial charge in [-0.05, 0) is 48.4 Å². The molecule has 1 aliphatic heterocycles. The first-order valence-corrected chi connectivity index (χ1v) is 12.6. The van der Waals surface area contributed by atoms with Crippen molar-refractivity contribution < 1.29 is 35.6 Å². The summed E-state index contributed by atoms with van der Waals surface area (Å²) in [6, 6.07) is 5.73. The van der Waals surface area contributed by atoms with E-state index in [1.54, 1.807) is 0 Å². The summed E-state index contributed by atoms with van der Waals surface area (Å²) in [7, 11) is -4.11. The zero-order chi connectivity index (χ0) is 26.7. The van der Waals surface area contributed by atoms with Gasteiger partial charge < -0.3 is 15.5 Å². The van der Waals surface area contributed by atoms with Crippen LogP contribution in [0.25, 0.3) is 0 Å². The minimum absolute atomic E-state index is 0.0355. The molecule has 0 saturated carbocycles. The smallest absolute Gasteiger partial charge is 0.339 e. The molecule has 3 amide bonds. The molecule has 0 bridgehead atoms. The Bertz CT molecular complexity index is 1220. The van der Waals surface area contributed by atoms with Crippen molar-refractivity contribution >= 4 is 33.6 Å². The second-order valence-electron chi connectivity index (χ2n) is 8.20. The molecule has 0 radical (unpaired) electrons. The number of nitrogens with two attached hydrogens (primary N) is 1. The second kappa shape index (κ2) is 11.0. The zero-order valence-corrected chi connectivity index (χ0v) is 20.3. The largest absolute Gasteiger partial charge is 0.416 e. The first-order chi connectivity index (χ1) is 16.8. The van der Waals surface area contributed by atoms with Crippen molar-refractivity contribution in [1.82, 2.24) is 14.5 Å². The van der Waals surface area contributed by atoms with Gasteiger partial charge in [0.25, 0.3) is 10.0 Å². The molecule has 1 heterocycles. The maximum atomic E-state index is 14.1. The van der Waals surface area contributed by atoms with E-state index in [1.165, 1.54) is 34.1 Å². The lowest BCUT2D eigenvalue weighted by Gasteiger charge is -2.35. The molecule has 0 spiro atoms. The average Bonchev–Trinajstić information content (AvgIpc) is 2.79. The number of piperazine rings is 1. The number of carbonyl (C=O) groups excluding carboxylic acids is 2. The van der Waals surface area contributed by atoms with Gasteiger partial charge in [0.15, 0.2) is 0 Å². The van der Waals surface area contributed by atoms with Crippen molar-refractivity contribution in [2.45, 2.75) is 30.0 Å². The summed E-state index contributed by atoms with van der Waals surface area (Å²) in [5.74, 6) is -1.43. The summed E-state index contributed by atoms with van der Waals surface area (Å²) >= 11 is 5.74. The molecule has 2 aromatic carbocycles. The topological polar surface area (TPSA) is 113 Å². The van der Waals surface area contributed by atoms with Crippen LogP contribution in [0, 0.1) is 5.82 Å². The first kappa shape index (κ1) is 27.7. The number of hydrogen-bond donors (Lipinski definition) is 2. The SMILES string of the molecule is N[C@@H](CC(=O)N1CCN(C(=O)NS(=O)(=O)c2ccc(Cl)cc2)CC1)Cc1ccc(C(F)(F)F)cc1F. The molecular formula is C22H23ClF4N4O4S. The molecular weight excluding hydrogens is 528 g/mol. The molecule has 0 aromatic heterocycles. The fourth-order valence-electron chi connectivity index (χ4n) is 3.61. The number of rotatable bonds is 6. The van der Waals surface area contributed by atoms with Crippen LogP contribution in [0.1, 0.15) is 17.5 Å². The van der Waals surface area contributed by atoms with E-state index in [0.29, 0.717) is 11.1 Å². The minimum Gasteiger partial charge on any atom is -0.339 e. The number of halogens is 5. The van der Waals surface area contributed by atoms with Gasteiger partial charge in [0.05, 0.1) is 10.5 Å². The Balaban J connectivity index is 1.49. The van der Waals surface area contributed by atoms with E-state index in [9.17, 15) is 35.6 Å². The lowest BCUT2D eigenvalue weighted by Crippen LogP contribution is -2.54. The van der Waals surface area contributed by atoms with E-state index in [0.717, 1.165) is 12.1 Å². The van der Waals surface area contributed by atoms with E-state index in [2.05, 4.69) is 0 Å². The number of amides is 3. The predicted molar refractivity (Wildman–Crippen MR) is 123 cm³/mol. The fraction of sp³-hybridized carbons (Fsp3) is 0.364. The molecule has 8 nitrogen and oxygen atoms in total. The van der Waals surface area contributed by atoms with Gasteiger partial charge in [0.2, 0.25) is 5.91 Å². The fourth-order valence-corrected chi connectivity index (χ4v) is 4.71. The number of alkyl halides is 3. The maximum Gasteiger partial charge on any atom is 0.416 e. The highest BCUT2D eigenvalue weighted by Gasteiger charge is 2.32. The Morgan fingerprint density at radius 2 is 1.61 bits per heavy atom. The number of nitrogens with zero attached hydrogens (tertiary/aromatic N) is 2. The summed E-state index contributed by atoms with van der Waals surface area (Å²) < 4.78 is 78.8. The number of nitrogens with one attached hydrogen (secondary N) is 1. The highest BCUT2D eigenvalue weighted by Crippen LogP contribution is 2.30. The van der Waals surface area contributed by atoms with Gasteiger partial charge in [-0.25, -0.2) is 22.3 Å². The van der Waals surface area contributed by atoms with Crippen molar-refractivity contribution in [1.29, 1.82) is 0 Å². The third kappa shape index (κ3) is 7.08. The van der Waals surface area contributed by atoms with Crippen LogP contribution in [-0.2, 0) is 27.4 Å². The first-order valence-electron chi connectivity index (χ1n) is 10.7. The molecule has 1 fully saturated rings. The normalized spacial score (nSPS) is 15.5. The number of carbonyl (C=O) groups is 2. The monoisotopic (exact) mass is 550 g/mol. The number of hydrogen-bond acceptors (Lipinski definition) is 5. The molecule has 196 valence electrons. The Labute approximate surface area is 210 Å². The molecule has 3 N–H and O–H groups in total. The standard InChI is InChI=1S/C22H23ClF4N4O4S/c23-16-3-5-18(6-4-16)36(34,35)29-21(33)31-9-7-30(8-10-31)20(32)13-17(28)11-14-1-2-15(12-19(14)24)22(25,26)27/h1-6,12,17H,7-11,13,28H2,(H,29,33)/t17-/m1/s1. The van der Waals surface area contributed by atoms with Crippen molar-refractivity contribution in [3.8, 4) is 0 Å². The van der Waals surface area contributed by atoms with Crippen LogP contribution in [0.5, 0.6) is 0 Å². The van der Waals surface area contributed by atoms with E-state index >= 15 is 0 Å². The van der Waals surface area contributed by atoms with Gasteiger partial charge in [-0.1, -0.05) is 17.7 Å². The van der Waals surface area contributed by atoms with Gasteiger partial charge in [0.1, 0.15) is 5.82 Å². The van der Waals surface area contributed by atoms with Crippen LogP contribution < -0.4 is 10.5 Å². The Kier molecular flexibility index (Phi) is 8.47. The Morgan fingerprint density at radius 1 is 1.03 bits per heavy atom. The molecule has 2 aromatic rings. The van der Waals surface area contributed by atoms with Gasteiger partial charge >= 0.3 is 12.2 Å².